The van der Waals surface area contributed by atoms with Gasteiger partial charge in [-0.05, 0) is 38.5 Å². The maximum absolute atomic E-state index is 12.5. The molecule has 0 atom stereocenters. The second-order valence-electron chi connectivity index (χ2n) is 6.76. The highest BCUT2D eigenvalue weighted by Crippen LogP contribution is 2.18. The molecule has 0 aromatic heterocycles. The van der Waals surface area contributed by atoms with E-state index in [-0.39, 0.29) is 19.6 Å². The van der Waals surface area contributed by atoms with Crippen LogP contribution < -0.4 is 0 Å². The van der Waals surface area contributed by atoms with E-state index in [9.17, 15) is 22.8 Å². The molecule has 0 fully saturated rings. The van der Waals surface area contributed by atoms with Crippen molar-refractivity contribution in [3.05, 3.63) is 34.9 Å². The van der Waals surface area contributed by atoms with E-state index >= 15 is 0 Å². The van der Waals surface area contributed by atoms with E-state index in [2.05, 4.69) is 0 Å². The first kappa shape index (κ1) is 22.1. The van der Waals surface area contributed by atoms with Gasteiger partial charge in [-0.15, -0.1) is 0 Å². The van der Waals surface area contributed by atoms with Crippen LogP contribution in [0.15, 0.2) is 24.3 Å². The Bertz CT molecular complexity index is 645. The van der Waals surface area contributed by atoms with Crippen LogP contribution in [0.1, 0.15) is 26.3 Å². The van der Waals surface area contributed by atoms with E-state index in [0.717, 1.165) is 7.05 Å². The van der Waals surface area contributed by atoms with Crippen LogP contribution in [-0.4, -0.2) is 53.7 Å². The molecule has 0 radical (unpaired) electrons. The summed E-state index contributed by atoms with van der Waals surface area (Å²) in [5, 5.41) is 0.469. The van der Waals surface area contributed by atoms with Gasteiger partial charge in [-0.2, -0.15) is 13.2 Å². The molecule has 0 saturated carbocycles. The zero-order valence-electron chi connectivity index (χ0n) is 15.1. The summed E-state index contributed by atoms with van der Waals surface area (Å²) in [6.07, 6.45) is -5.65. The van der Waals surface area contributed by atoms with E-state index in [0.29, 0.717) is 15.5 Å². The molecular formula is C17H22ClF3N2O3. The highest BCUT2D eigenvalue weighted by atomic mass is 35.5. The van der Waals surface area contributed by atoms with Gasteiger partial charge in [0.1, 0.15) is 5.60 Å². The van der Waals surface area contributed by atoms with Gasteiger partial charge in [0.2, 0.25) is 0 Å². The van der Waals surface area contributed by atoms with Crippen molar-refractivity contribution in [3.63, 3.8) is 0 Å². The van der Waals surface area contributed by atoms with Crippen LogP contribution in [0.25, 0.3) is 0 Å². The average molecular weight is 395 g/mol. The highest BCUT2D eigenvalue weighted by molar-refractivity contribution is 6.30. The molecule has 0 heterocycles. The number of rotatable bonds is 5. The van der Waals surface area contributed by atoms with Crippen molar-refractivity contribution >= 4 is 23.6 Å². The van der Waals surface area contributed by atoms with Gasteiger partial charge in [0.05, 0.1) is 0 Å². The summed E-state index contributed by atoms with van der Waals surface area (Å²) >= 11 is 5.92. The van der Waals surface area contributed by atoms with Gasteiger partial charge in [0, 0.05) is 31.7 Å². The third-order valence-corrected chi connectivity index (χ3v) is 3.44. The van der Waals surface area contributed by atoms with Crippen molar-refractivity contribution in [3.8, 4) is 0 Å². The molecule has 5 nitrogen and oxygen atoms in total. The van der Waals surface area contributed by atoms with Gasteiger partial charge in [-0.1, -0.05) is 23.7 Å². The average Bonchev–Trinajstić information content (AvgIpc) is 2.47. The van der Waals surface area contributed by atoms with E-state index in [1.54, 1.807) is 45.0 Å². The molecule has 2 amide bonds. The lowest BCUT2D eigenvalue weighted by atomic mass is 10.2. The van der Waals surface area contributed by atoms with Crippen molar-refractivity contribution in [1.82, 2.24) is 9.80 Å². The third kappa shape index (κ3) is 7.51. The van der Waals surface area contributed by atoms with E-state index in [4.69, 9.17) is 16.3 Å². The fourth-order valence-electron chi connectivity index (χ4n) is 2.01. The van der Waals surface area contributed by atoms with Gasteiger partial charge in [-0.3, -0.25) is 4.79 Å². The first-order valence-electron chi connectivity index (χ1n) is 7.84. The second kappa shape index (κ2) is 8.62. The Hall–Kier alpha value is -1.96. The normalized spacial score (nSPS) is 11.8. The largest absolute Gasteiger partial charge is 0.471 e. The van der Waals surface area contributed by atoms with Crippen LogP contribution in [0.5, 0.6) is 0 Å². The SMILES string of the molecule is CN(CCN(Cc1cccc(Cl)c1)C(=O)OC(C)(C)C)C(=O)C(F)(F)F. The van der Waals surface area contributed by atoms with Crippen LogP contribution in [0.3, 0.4) is 0 Å². The van der Waals surface area contributed by atoms with Gasteiger partial charge < -0.3 is 14.5 Å². The lowest BCUT2D eigenvalue weighted by Crippen LogP contribution is -2.44. The van der Waals surface area contributed by atoms with Crippen LogP contribution in [0.2, 0.25) is 5.02 Å². The molecule has 146 valence electrons. The molecule has 0 N–H and O–H groups in total. The van der Waals surface area contributed by atoms with Gasteiger partial charge in [0.25, 0.3) is 0 Å². The van der Waals surface area contributed by atoms with Crippen molar-refractivity contribution in [2.24, 2.45) is 0 Å². The first-order chi connectivity index (χ1) is 11.8. The summed E-state index contributed by atoms with van der Waals surface area (Å²) in [5.41, 5.74) is -0.0784. The molecule has 0 aliphatic heterocycles. The quantitative estimate of drug-likeness (QED) is 0.755. The van der Waals surface area contributed by atoms with Gasteiger partial charge >= 0.3 is 18.2 Å². The summed E-state index contributed by atoms with van der Waals surface area (Å²) < 4.78 is 42.7. The fourth-order valence-corrected chi connectivity index (χ4v) is 2.22. The molecule has 0 aliphatic carbocycles. The van der Waals surface area contributed by atoms with Crippen LogP contribution in [0, 0.1) is 0 Å². The number of likely N-dealkylation sites (N-methyl/N-ethyl adjacent to an activating group) is 1. The second-order valence-corrected chi connectivity index (χ2v) is 7.19. The summed E-state index contributed by atoms with van der Waals surface area (Å²) in [6.45, 7) is 4.72. The lowest BCUT2D eigenvalue weighted by Gasteiger charge is -2.29. The van der Waals surface area contributed by atoms with Crippen molar-refractivity contribution < 1.29 is 27.5 Å². The molecule has 1 aromatic rings. The van der Waals surface area contributed by atoms with Crippen molar-refractivity contribution in [2.45, 2.75) is 39.1 Å². The molecule has 1 rings (SSSR count). The molecule has 0 saturated heterocycles. The van der Waals surface area contributed by atoms with Gasteiger partial charge in [0.15, 0.2) is 0 Å². The number of halogens is 4. The van der Waals surface area contributed by atoms with Crippen LogP contribution in [-0.2, 0) is 16.1 Å². The molecule has 0 unspecified atom stereocenters. The molecule has 26 heavy (non-hydrogen) atoms. The minimum Gasteiger partial charge on any atom is -0.444 e. The molecule has 1 aromatic carbocycles. The van der Waals surface area contributed by atoms with Crippen LogP contribution >= 0.6 is 11.6 Å². The predicted molar refractivity (Wildman–Crippen MR) is 91.8 cm³/mol. The number of hydrogen-bond acceptors (Lipinski definition) is 3. The molecule has 9 heteroatoms. The summed E-state index contributed by atoms with van der Waals surface area (Å²) in [5.74, 6) is -1.97. The summed E-state index contributed by atoms with van der Waals surface area (Å²) in [6, 6.07) is 6.74. The number of benzene rings is 1. The summed E-state index contributed by atoms with van der Waals surface area (Å²) in [7, 11) is 1.03. The zero-order chi connectivity index (χ0) is 20.1. The minimum absolute atomic E-state index is 0.0868. The number of ether oxygens (including phenoxy) is 1. The Balaban J connectivity index is 2.87. The number of carbonyl (C=O) groups excluding carboxylic acids is 2. The number of nitrogens with zero attached hydrogens (tertiary/aromatic N) is 2. The Morgan fingerprint density at radius 2 is 1.77 bits per heavy atom. The Kier molecular flexibility index (Phi) is 7.32. The highest BCUT2D eigenvalue weighted by Gasteiger charge is 2.41. The Morgan fingerprint density at radius 3 is 2.27 bits per heavy atom. The molecular weight excluding hydrogens is 373 g/mol. The van der Waals surface area contributed by atoms with Gasteiger partial charge in [-0.25, -0.2) is 4.79 Å². The number of hydrogen-bond donors (Lipinski definition) is 0. The fraction of sp³-hybridized carbons (Fsp3) is 0.529. The van der Waals surface area contributed by atoms with E-state index in [1.165, 1.54) is 4.90 Å². The van der Waals surface area contributed by atoms with E-state index < -0.39 is 23.8 Å². The standard InChI is InChI=1S/C17H22ClF3N2O3/c1-16(2,3)26-15(25)23(11-12-6-5-7-13(18)10-12)9-8-22(4)14(24)17(19,20)21/h5-7,10H,8-9,11H2,1-4H3. The number of amides is 2. The maximum Gasteiger partial charge on any atom is 0.471 e. The predicted octanol–water partition coefficient (Wildman–Crippen LogP) is 4.10. The minimum atomic E-state index is -4.96. The number of carbonyl (C=O) groups is 2. The molecule has 0 bridgehead atoms. The smallest absolute Gasteiger partial charge is 0.444 e. The molecule has 0 aliphatic rings. The maximum atomic E-state index is 12.5. The first-order valence-corrected chi connectivity index (χ1v) is 8.22. The molecule has 0 spiro atoms. The zero-order valence-corrected chi connectivity index (χ0v) is 15.8. The van der Waals surface area contributed by atoms with Crippen molar-refractivity contribution in [1.29, 1.82) is 0 Å². The topological polar surface area (TPSA) is 49.9 Å². The summed E-state index contributed by atoms with van der Waals surface area (Å²) in [4.78, 5) is 25.4. The Morgan fingerprint density at radius 1 is 1.15 bits per heavy atom. The Labute approximate surface area is 155 Å². The van der Waals surface area contributed by atoms with Crippen molar-refractivity contribution in [2.75, 3.05) is 20.1 Å². The third-order valence-electron chi connectivity index (χ3n) is 3.21. The lowest BCUT2D eigenvalue weighted by molar-refractivity contribution is -0.184. The number of alkyl halides is 3. The van der Waals surface area contributed by atoms with Crippen LogP contribution in [0.4, 0.5) is 18.0 Å². The monoisotopic (exact) mass is 394 g/mol. The van der Waals surface area contributed by atoms with E-state index in [1.807, 2.05) is 0 Å².